The molecule has 0 atom stereocenters. The zero-order valence-corrected chi connectivity index (χ0v) is 14.3. The molecule has 4 aromatic rings. The van der Waals surface area contributed by atoms with Crippen LogP contribution in [0.4, 0.5) is 11.4 Å². The topological polar surface area (TPSA) is 85.1 Å². The van der Waals surface area contributed by atoms with Crippen LogP contribution < -0.4 is 5.32 Å². The molecule has 6 heteroatoms. The molecule has 27 heavy (non-hydrogen) atoms. The molecule has 6 nitrogen and oxygen atoms in total. The number of fused-ring (bicyclic) bond motifs is 4. The second-order valence-corrected chi connectivity index (χ2v) is 6.45. The van der Waals surface area contributed by atoms with E-state index in [9.17, 15) is 9.59 Å². The van der Waals surface area contributed by atoms with Crippen LogP contribution in [-0.4, -0.2) is 21.9 Å². The van der Waals surface area contributed by atoms with Crippen LogP contribution in [0.1, 0.15) is 37.4 Å². The van der Waals surface area contributed by atoms with Gasteiger partial charge in [0.15, 0.2) is 17.1 Å². The number of nitrogens with zero attached hydrogens (tertiary/aromatic N) is 2. The first kappa shape index (κ1) is 15.5. The molecule has 0 saturated carbocycles. The third kappa shape index (κ3) is 2.20. The van der Waals surface area contributed by atoms with Crippen molar-refractivity contribution in [2.45, 2.75) is 6.92 Å². The van der Waals surface area contributed by atoms with E-state index < -0.39 is 0 Å². The van der Waals surface area contributed by atoms with E-state index in [2.05, 4.69) is 15.6 Å². The number of hydrogen-bond donors (Lipinski definition) is 1. The van der Waals surface area contributed by atoms with Crippen molar-refractivity contribution >= 4 is 34.0 Å². The Bertz CT molecular complexity index is 1260. The van der Waals surface area contributed by atoms with Crippen LogP contribution in [0.3, 0.4) is 0 Å². The molecule has 130 valence electrons. The Kier molecular flexibility index (Phi) is 3.21. The van der Waals surface area contributed by atoms with Crippen molar-refractivity contribution in [3.8, 4) is 0 Å². The number of benzene rings is 3. The summed E-state index contributed by atoms with van der Waals surface area (Å²) in [5.41, 5.74) is 4.49. The van der Waals surface area contributed by atoms with Crippen LogP contribution >= 0.6 is 0 Å². The molecular formula is C21H13N3O3. The third-order valence-electron chi connectivity index (χ3n) is 4.84. The minimum Gasteiger partial charge on any atom is -0.353 e. The second-order valence-electron chi connectivity index (χ2n) is 6.45. The van der Waals surface area contributed by atoms with Gasteiger partial charge in [-0.2, -0.15) is 0 Å². The maximum atomic E-state index is 13.0. The normalized spacial score (nSPS) is 12.8. The molecule has 0 amide bonds. The molecule has 1 aliphatic carbocycles. The number of aryl methyl sites for hydroxylation is 1. The summed E-state index contributed by atoms with van der Waals surface area (Å²) >= 11 is 0. The van der Waals surface area contributed by atoms with Gasteiger partial charge in [0.05, 0.1) is 11.3 Å². The SMILES string of the molecule is Cc1ccccc1Nc1cc2c(c3nonc13)C(=O)c1ccccc1C2=O. The zero-order valence-electron chi connectivity index (χ0n) is 14.3. The Morgan fingerprint density at radius 2 is 1.44 bits per heavy atom. The lowest BCUT2D eigenvalue weighted by Crippen LogP contribution is -2.21. The summed E-state index contributed by atoms with van der Waals surface area (Å²) in [6, 6.07) is 16.2. The number of aromatic nitrogens is 2. The van der Waals surface area contributed by atoms with Crippen molar-refractivity contribution in [2.75, 3.05) is 5.32 Å². The summed E-state index contributed by atoms with van der Waals surface area (Å²) in [4.78, 5) is 26.0. The summed E-state index contributed by atoms with van der Waals surface area (Å²) in [6.07, 6.45) is 0. The Labute approximate surface area is 153 Å². The molecule has 0 saturated heterocycles. The fraction of sp³-hybridized carbons (Fsp3) is 0.0476. The van der Waals surface area contributed by atoms with Gasteiger partial charge in [-0.3, -0.25) is 9.59 Å². The van der Waals surface area contributed by atoms with Crippen LogP contribution in [-0.2, 0) is 0 Å². The van der Waals surface area contributed by atoms with Crippen molar-refractivity contribution in [3.63, 3.8) is 0 Å². The quantitative estimate of drug-likeness (QED) is 0.514. The van der Waals surface area contributed by atoms with Gasteiger partial charge in [0, 0.05) is 22.4 Å². The molecular weight excluding hydrogens is 342 g/mol. The molecule has 0 aliphatic heterocycles. The molecule has 3 aromatic carbocycles. The number of ketones is 2. The number of para-hydroxylation sites is 1. The Morgan fingerprint density at radius 1 is 0.778 bits per heavy atom. The van der Waals surface area contributed by atoms with Gasteiger partial charge < -0.3 is 5.32 Å². The lowest BCUT2D eigenvalue weighted by molar-refractivity contribution is 0.0980. The minimum absolute atomic E-state index is 0.210. The van der Waals surface area contributed by atoms with Crippen molar-refractivity contribution in [2.24, 2.45) is 0 Å². The summed E-state index contributed by atoms with van der Waals surface area (Å²) < 4.78 is 4.91. The smallest absolute Gasteiger partial charge is 0.196 e. The number of carbonyl (C=O) groups is 2. The molecule has 0 fully saturated rings. The van der Waals surface area contributed by atoms with E-state index in [-0.39, 0.29) is 22.6 Å². The molecule has 1 aromatic heterocycles. The number of anilines is 2. The minimum atomic E-state index is -0.247. The predicted octanol–water partition coefficient (Wildman–Crippen LogP) is 4.05. The zero-order chi connectivity index (χ0) is 18.5. The molecule has 1 heterocycles. The molecule has 1 N–H and O–H groups in total. The monoisotopic (exact) mass is 355 g/mol. The number of rotatable bonds is 2. The maximum Gasteiger partial charge on any atom is 0.196 e. The van der Waals surface area contributed by atoms with Crippen LogP contribution in [0.15, 0.2) is 59.2 Å². The highest BCUT2D eigenvalue weighted by Gasteiger charge is 2.33. The second kappa shape index (κ2) is 5.60. The maximum absolute atomic E-state index is 13.0. The fourth-order valence-electron chi connectivity index (χ4n) is 3.46. The Balaban J connectivity index is 1.75. The molecule has 0 bridgehead atoms. The first-order chi connectivity index (χ1) is 13.1. The van der Waals surface area contributed by atoms with Crippen LogP contribution in [0.2, 0.25) is 0 Å². The first-order valence-corrected chi connectivity index (χ1v) is 8.45. The highest BCUT2D eigenvalue weighted by molar-refractivity contribution is 6.32. The van der Waals surface area contributed by atoms with Crippen LogP contribution in [0.25, 0.3) is 11.0 Å². The van der Waals surface area contributed by atoms with Gasteiger partial charge in [-0.1, -0.05) is 42.5 Å². The largest absolute Gasteiger partial charge is 0.353 e. The van der Waals surface area contributed by atoms with Crippen molar-refractivity contribution in [3.05, 3.63) is 82.4 Å². The van der Waals surface area contributed by atoms with Crippen molar-refractivity contribution < 1.29 is 14.2 Å². The van der Waals surface area contributed by atoms with E-state index in [1.54, 1.807) is 30.3 Å². The third-order valence-corrected chi connectivity index (χ3v) is 4.84. The number of carbonyl (C=O) groups excluding carboxylic acids is 2. The van der Waals surface area contributed by atoms with E-state index in [0.717, 1.165) is 11.3 Å². The molecule has 0 radical (unpaired) electrons. The summed E-state index contributed by atoms with van der Waals surface area (Å²) in [5, 5.41) is 11.2. The van der Waals surface area contributed by atoms with Gasteiger partial charge in [-0.25, -0.2) is 4.63 Å². The molecule has 1 aliphatic rings. The van der Waals surface area contributed by atoms with Crippen LogP contribution in [0, 0.1) is 6.92 Å². The lowest BCUT2D eigenvalue weighted by atomic mass is 9.83. The standard InChI is InChI=1S/C21H13N3O3/c1-11-6-2-5-9-15(11)22-16-10-14-17(19-18(16)23-27-24-19)21(26)13-8-4-3-7-12(13)20(14)25/h2-10,22H,1H3. The van der Waals surface area contributed by atoms with E-state index in [4.69, 9.17) is 4.63 Å². The van der Waals surface area contributed by atoms with Gasteiger partial charge in [-0.15, -0.1) is 0 Å². The average molecular weight is 355 g/mol. The summed E-state index contributed by atoms with van der Waals surface area (Å²) in [5.74, 6) is -0.457. The number of nitrogens with one attached hydrogen (secondary N) is 1. The van der Waals surface area contributed by atoms with E-state index >= 15 is 0 Å². The van der Waals surface area contributed by atoms with Crippen molar-refractivity contribution in [1.82, 2.24) is 10.3 Å². The van der Waals surface area contributed by atoms with Gasteiger partial charge in [0.2, 0.25) is 0 Å². The average Bonchev–Trinajstić information content (AvgIpc) is 3.18. The van der Waals surface area contributed by atoms with Gasteiger partial charge in [0.25, 0.3) is 0 Å². The summed E-state index contributed by atoms with van der Waals surface area (Å²) in [7, 11) is 0. The fourth-order valence-corrected chi connectivity index (χ4v) is 3.46. The van der Waals surface area contributed by atoms with Gasteiger partial charge >= 0.3 is 0 Å². The van der Waals surface area contributed by atoms with Gasteiger partial charge in [0.1, 0.15) is 5.52 Å². The molecule has 0 unspecified atom stereocenters. The van der Waals surface area contributed by atoms with Crippen molar-refractivity contribution in [1.29, 1.82) is 0 Å². The summed E-state index contributed by atoms with van der Waals surface area (Å²) in [6.45, 7) is 1.98. The Morgan fingerprint density at radius 3 is 2.22 bits per heavy atom. The lowest BCUT2D eigenvalue weighted by Gasteiger charge is -2.19. The first-order valence-electron chi connectivity index (χ1n) is 8.45. The Hall–Kier alpha value is -3.80. The highest BCUT2D eigenvalue weighted by atomic mass is 16.6. The predicted molar refractivity (Wildman–Crippen MR) is 99.6 cm³/mol. The highest BCUT2D eigenvalue weighted by Crippen LogP contribution is 2.36. The van der Waals surface area contributed by atoms with E-state index in [1.165, 1.54) is 0 Å². The molecule has 0 spiro atoms. The van der Waals surface area contributed by atoms with Crippen LogP contribution in [0.5, 0.6) is 0 Å². The van der Waals surface area contributed by atoms with E-state index in [0.29, 0.717) is 27.9 Å². The van der Waals surface area contributed by atoms with E-state index in [1.807, 2.05) is 31.2 Å². The number of hydrogen-bond acceptors (Lipinski definition) is 6. The molecule has 5 rings (SSSR count). The van der Waals surface area contributed by atoms with Gasteiger partial charge in [-0.05, 0) is 34.9 Å².